The fourth-order valence-corrected chi connectivity index (χ4v) is 5.23. The zero-order valence-electron chi connectivity index (χ0n) is 19.5. The molecule has 0 spiro atoms. The van der Waals surface area contributed by atoms with Crippen LogP contribution < -0.4 is 5.32 Å². The lowest BCUT2D eigenvalue weighted by atomic mass is 9.98. The molecule has 180 valence electrons. The van der Waals surface area contributed by atoms with Crippen LogP contribution in [0.1, 0.15) is 56.1 Å². The highest BCUT2D eigenvalue weighted by atomic mass is 16.5. The van der Waals surface area contributed by atoms with Gasteiger partial charge in [0.2, 0.25) is 5.91 Å². The van der Waals surface area contributed by atoms with Crippen LogP contribution >= 0.6 is 0 Å². The molecule has 0 heterocycles. The Balaban J connectivity index is 1.30. The Morgan fingerprint density at radius 1 is 1.00 bits per heavy atom. The van der Waals surface area contributed by atoms with Crippen molar-refractivity contribution in [2.24, 2.45) is 5.92 Å². The predicted octanol–water partition coefficient (Wildman–Crippen LogP) is 4.41. The molecule has 1 fully saturated rings. The summed E-state index contributed by atoms with van der Waals surface area (Å²) in [6, 6.07) is 16.3. The number of nitrogens with zero attached hydrogens (tertiary/aromatic N) is 1. The zero-order chi connectivity index (χ0) is 24.1. The maximum Gasteiger partial charge on any atom is 0.407 e. The van der Waals surface area contributed by atoms with E-state index in [9.17, 15) is 14.4 Å². The van der Waals surface area contributed by atoms with Crippen molar-refractivity contribution in [1.29, 1.82) is 0 Å². The molecule has 7 heteroatoms. The number of alkyl carbamates (subject to hydrolysis) is 1. The summed E-state index contributed by atoms with van der Waals surface area (Å²) in [6.45, 7) is 3.00. The standard InChI is InChI=1S/C27H32N2O5/c1-2-14-29(15-13-25(30)31)26(32)18-11-12-19(16-18)28-27(33)34-17-24-22-9-5-3-7-20(22)21-8-4-6-10-23(21)24/h3-10,18-19,24H,2,11-17H2,1H3,(H,28,33)(H,30,31). The number of aliphatic carboxylic acids is 1. The van der Waals surface area contributed by atoms with Gasteiger partial charge in [0.1, 0.15) is 6.61 Å². The van der Waals surface area contributed by atoms with Crippen molar-refractivity contribution in [3.8, 4) is 11.1 Å². The number of benzene rings is 2. The number of hydrogen-bond acceptors (Lipinski definition) is 4. The second-order valence-corrected chi connectivity index (χ2v) is 9.15. The summed E-state index contributed by atoms with van der Waals surface area (Å²) in [5.74, 6) is -1.11. The van der Waals surface area contributed by atoms with Crippen molar-refractivity contribution in [2.75, 3.05) is 19.7 Å². The maximum atomic E-state index is 12.9. The molecule has 0 aromatic heterocycles. The highest BCUT2D eigenvalue weighted by Gasteiger charge is 2.34. The number of carbonyl (C=O) groups is 3. The molecule has 2 atom stereocenters. The number of nitrogens with one attached hydrogen (secondary N) is 1. The maximum absolute atomic E-state index is 12.9. The van der Waals surface area contributed by atoms with E-state index in [1.807, 2.05) is 31.2 Å². The summed E-state index contributed by atoms with van der Waals surface area (Å²) in [5, 5.41) is 11.9. The van der Waals surface area contributed by atoms with Crippen LogP contribution in [0.5, 0.6) is 0 Å². The van der Waals surface area contributed by atoms with Gasteiger partial charge in [-0.15, -0.1) is 0 Å². The van der Waals surface area contributed by atoms with Crippen molar-refractivity contribution in [3.05, 3.63) is 59.7 Å². The first-order valence-electron chi connectivity index (χ1n) is 12.1. The average molecular weight is 465 g/mol. The van der Waals surface area contributed by atoms with Crippen molar-refractivity contribution in [2.45, 2.75) is 51.0 Å². The smallest absolute Gasteiger partial charge is 0.407 e. The van der Waals surface area contributed by atoms with Crippen molar-refractivity contribution in [3.63, 3.8) is 0 Å². The number of rotatable bonds is 9. The van der Waals surface area contributed by atoms with Gasteiger partial charge in [-0.25, -0.2) is 4.79 Å². The molecule has 2 amide bonds. The molecule has 2 aromatic rings. The van der Waals surface area contributed by atoms with Gasteiger partial charge in [0, 0.05) is 31.0 Å². The van der Waals surface area contributed by atoms with E-state index in [0.29, 0.717) is 25.8 Å². The molecule has 0 aliphatic heterocycles. The molecule has 2 aliphatic rings. The third kappa shape index (κ3) is 5.24. The Bertz CT molecular complexity index is 1010. The molecule has 4 rings (SSSR count). The summed E-state index contributed by atoms with van der Waals surface area (Å²) in [4.78, 5) is 38.0. The molecule has 34 heavy (non-hydrogen) atoms. The molecule has 0 radical (unpaired) electrons. The minimum absolute atomic E-state index is 0.00731. The van der Waals surface area contributed by atoms with Crippen LogP contribution in [0.4, 0.5) is 4.79 Å². The summed E-state index contributed by atoms with van der Waals surface area (Å²) in [7, 11) is 0. The van der Waals surface area contributed by atoms with Crippen LogP contribution in [0.2, 0.25) is 0 Å². The topological polar surface area (TPSA) is 95.9 Å². The Morgan fingerprint density at radius 3 is 2.26 bits per heavy atom. The van der Waals surface area contributed by atoms with Gasteiger partial charge in [-0.1, -0.05) is 55.5 Å². The first-order valence-corrected chi connectivity index (χ1v) is 12.1. The van der Waals surface area contributed by atoms with Gasteiger partial charge in [0.15, 0.2) is 0 Å². The van der Waals surface area contributed by atoms with Crippen molar-refractivity contribution < 1.29 is 24.2 Å². The largest absolute Gasteiger partial charge is 0.481 e. The number of carbonyl (C=O) groups excluding carboxylic acids is 2. The Morgan fingerprint density at radius 2 is 1.65 bits per heavy atom. The highest BCUT2D eigenvalue weighted by molar-refractivity contribution is 5.80. The first kappa shape index (κ1) is 23.8. The minimum Gasteiger partial charge on any atom is -0.481 e. The Kier molecular flexibility index (Phi) is 7.50. The molecule has 2 aliphatic carbocycles. The predicted molar refractivity (Wildman–Crippen MR) is 128 cm³/mol. The number of ether oxygens (including phenoxy) is 1. The Labute approximate surface area is 200 Å². The fraction of sp³-hybridized carbons (Fsp3) is 0.444. The molecule has 2 aromatic carbocycles. The summed E-state index contributed by atoms with van der Waals surface area (Å²) < 4.78 is 5.64. The van der Waals surface area contributed by atoms with E-state index in [1.165, 1.54) is 22.3 Å². The van der Waals surface area contributed by atoms with Gasteiger partial charge < -0.3 is 20.1 Å². The molecule has 1 saturated carbocycles. The normalized spacial score (nSPS) is 18.7. The lowest BCUT2D eigenvalue weighted by Gasteiger charge is -2.25. The van der Waals surface area contributed by atoms with Gasteiger partial charge in [-0.05, 0) is 47.9 Å². The lowest BCUT2D eigenvalue weighted by molar-refractivity contribution is -0.139. The van der Waals surface area contributed by atoms with Gasteiger partial charge in [0.25, 0.3) is 0 Å². The number of amides is 2. The van der Waals surface area contributed by atoms with E-state index in [2.05, 4.69) is 29.6 Å². The van der Waals surface area contributed by atoms with E-state index in [-0.39, 0.29) is 43.4 Å². The van der Waals surface area contributed by atoms with E-state index in [1.54, 1.807) is 4.90 Å². The summed E-state index contributed by atoms with van der Waals surface area (Å²) in [5.41, 5.74) is 4.70. The second kappa shape index (κ2) is 10.7. The van der Waals surface area contributed by atoms with E-state index in [4.69, 9.17) is 9.84 Å². The Hall–Kier alpha value is -3.35. The van der Waals surface area contributed by atoms with E-state index < -0.39 is 12.1 Å². The van der Waals surface area contributed by atoms with Crippen molar-refractivity contribution in [1.82, 2.24) is 10.2 Å². The summed E-state index contributed by atoms with van der Waals surface area (Å²) >= 11 is 0. The fourth-order valence-electron chi connectivity index (χ4n) is 5.23. The van der Waals surface area contributed by atoms with Crippen LogP contribution in [0.3, 0.4) is 0 Å². The van der Waals surface area contributed by atoms with Gasteiger partial charge in [-0.3, -0.25) is 9.59 Å². The molecule has 2 unspecified atom stereocenters. The first-order chi connectivity index (χ1) is 16.5. The van der Waals surface area contributed by atoms with Crippen LogP contribution in [-0.2, 0) is 14.3 Å². The number of carboxylic acid groups (broad SMARTS) is 1. The highest BCUT2D eigenvalue weighted by Crippen LogP contribution is 2.44. The van der Waals surface area contributed by atoms with Crippen LogP contribution in [0, 0.1) is 5.92 Å². The quantitative estimate of drug-likeness (QED) is 0.573. The minimum atomic E-state index is -0.907. The van der Waals surface area contributed by atoms with Gasteiger partial charge in [-0.2, -0.15) is 0 Å². The summed E-state index contributed by atoms with van der Waals surface area (Å²) in [6.07, 6.45) is 2.20. The SMILES string of the molecule is CCCN(CCC(=O)O)C(=O)C1CCC(NC(=O)OCC2c3ccccc3-c3ccccc32)C1. The zero-order valence-corrected chi connectivity index (χ0v) is 19.5. The molecular formula is C27H32N2O5. The number of carboxylic acids is 1. The third-order valence-electron chi connectivity index (χ3n) is 6.85. The molecular weight excluding hydrogens is 432 g/mol. The van der Waals surface area contributed by atoms with Crippen LogP contribution in [0.25, 0.3) is 11.1 Å². The van der Waals surface area contributed by atoms with Gasteiger partial charge in [0.05, 0.1) is 6.42 Å². The second-order valence-electron chi connectivity index (χ2n) is 9.15. The van der Waals surface area contributed by atoms with Crippen LogP contribution in [0.15, 0.2) is 48.5 Å². The van der Waals surface area contributed by atoms with E-state index >= 15 is 0 Å². The molecule has 0 bridgehead atoms. The van der Waals surface area contributed by atoms with E-state index in [0.717, 1.165) is 6.42 Å². The third-order valence-corrected chi connectivity index (χ3v) is 6.85. The van der Waals surface area contributed by atoms with Crippen molar-refractivity contribution >= 4 is 18.0 Å². The molecule has 7 nitrogen and oxygen atoms in total. The average Bonchev–Trinajstić information content (AvgIpc) is 3.42. The van der Waals surface area contributed by atoms with Crippen LogP contribution in [-0.4, -0.2) is 53.7 Å². The lowest BCUT2D eigenvalue weighted by Crippen LogP contribution is -2.39. The number of fused-ring (bicyclic) bond motifs is 3. The molecule has 2 N–H and O–H groups in total. The number of hydrogen-bond donors (Lipinski definition) is 2. The van der Waals surface area contributed by atoms with Gasteiger partial charge >= 0.3 is 12.1 Å². The molecule has 0 saturated heterocycles. The monoisotopic (exact) mass is 464 g/mol.